The summed E-state index contributed by atoms with van der Waals surface area (Å²) in [6.07, 6.45) is 1.66. The molecular weight excluding hydrogens is 576 g/mol. The molecular formula is C24H29BrClF2N5O2S. The van der Waals surface area contributed by atoms with Crippen molar-refractivity contribution in [1.29, 1.82) is 0 Å². The number of hydrogen-bond acceptors (Lipinski definition) is 7. The number of ether oxygens (including phenoxy) is 1. The lowest BCUT2D eigenvalue weighted by atomic mass is 9.90. The molecule has 4 rings (SSSR count). The van der Waals surface area contributed by atoms with Crippen LogP contribution in [0.15, 0.2) is 22.4 Å². The summed E-state index contributed by atoms with van der Waals surface area (Å²) >= 11 is 10.7. The molecule has 0 N–H and O–H groups in total. The van der Waals surface area contributed by atoms with Crippen molar-refractivity contribution in [2.24, 2.45) is 5.92 Å². The first-order valence-corrected chi connectivity index (χ1v) is 13.9. The van der Waals surface area contributed by atoms with Crippen LogP contribution in [-0.2, 0) is 4.74 Å². The van der Waals surface area contributed by atoms with Crippen LogP contribution in [0.3, 0.4) is 0 Å². The molecule has 7 nitrogen and oxygen atoms in total. The van der Waals surface area contributed by atoms with E-state index in [1.54, 1.807) is 26.8 Å². The maximum absolute atomic E-state index is 16.6. The van der Waals surface area contributed by atoms with Crippen LogP contribution in [-0.4, -0.2) is 61.7 Å². The first kappa shape index (κ1) is 27.3. The quantitative estimate of drug-likeness (QED) is 0.123. The van der Waals surface area contributed by atoms with Crippen LogP contribution in [0.25, 0.3) is 10.9 Å². The minimum absolute atomic E-state index is 0.00246. The monoisotopic (exact) mass is 603 g/mol. The molecule has 36 heavy (non-hydrogen) atoms. The highest BCUT2D eigenvalue weighted by Gasteiger charge is 2.60. The van der Waals surface area contributed by atoms with Crippen LogP contribution in [0, 0.1) is 11.7 Å². The zero-order valence-corrected chi connectivity index (χ0v) is 24.0. The SMILES string of the molecule is C=C[C@H](C)[C@H]1[C@@H]2CC[C@](F)(CN1c1nc(SCC)nc3c(F)c(Cl)nc(Br)c13)N2C(=O)OC(C)(C)C. The number of alkyl halides is 1. The number of thioether (sulfide) groups is 1. The summed E-state index contributed by atoms with van der Waals surface area (Å²) in [5.41, 5.74) is -0.769. The molecule has 2 fully saturated rings. The molecule has 2 aromatic heterocycles. The van der Waals surface area contributed by atoms with Gasteiger partial charge in [-0.15, -0.1) is 6.58 Å². The fourth-order valence-corrected chi connectivity index (χ4v) is 6.42. The fourth-order valence-electron chi connectivity index (χ4n) is 5.04. The summed E-state index contributed by atoms with van der Waals surface area (Å²) in [4.78, 5) is 29.4. The summed E-state index contributed by atoms with van der Waals surface area (Å²) in [5.74, 6) is -1.94. The van der Waals surface area contributed by atoms with E-state index in [-0.39, 0.29) is 34.2 Å². The molecule has 2 bridgehead atoms. The van der Waals surface area contributed by atoms with Crippen LogP contribution in [0.5, 0.6) is 0 Å². The predicted octanol–water partition coefficient (Wildman–Crippen LogP) is 6.77. The second-order valence-electron chi connectivity index (χ2n) is 10.1. The average Bonchev–Trinajstić information content (AvgIpc) is 3.04. The van der Waals surface area contributed by atoms with Crippen molar-refractivity contribution in [2.75, 3.05) is 17.2 Å². The molecule has 12 heteroatoms. The van der Waals surface area contributed by atoms with E-state index in [4.69, 9.17) is 21.3 Å². The van der Waals surface area contributed by atoms with Gasteiger partial charge in [-0.1, -0.05) is 43.3 Å². The standard InChI is InChI=1S/C24H29BrClF2N5O2S/c1-7-12(3)17-13-9-10-24(28,33(13)22(34)35-23(4,5)6)11-32(17)20-14-16(29-21(31-20)36-8-2)15(27)19(26)30-18(14)25/h7,12-13,17H,1,8-11H2,2-6H3/t12-,13-,17-,24+/m0/s1. The Bertz CT molecular complexity index is 1220. The van der Waals surface area contributed by atoms with E-state index in [1.165, 1.54) is 16.7 Å². The molecule has 1 amide bonds. The van der Waals surface area contributed by atoms with Crippen molar-refractivity contribution in [3.63, 3.8) is 0 Å². The smallest absolute Gasteiger partial charge is 0.413 e. The average molecular weight is 605 g/mol. The highest BCUT2D eigenvalue weighted by atomic mass is 79.9. The lowest BCUT2D eigenvalue weighted by molar-refractivity contribution is -0.0600. The highest BCUT2D eigenvalue weighted by molar-refractivity contribution is 9.10. The molecule has 4 heterocycles. The van der Waals surface area contributed by atoms with Gasteiger partial charge in [-0.05, 0) is 54.8 Å². The Morgan fingerprint density at radius 1 is 1.42 bits per heavy atom. The van der Waals surface area contributed by atoms with Gasteiger partial charge in [0.25, 0.3) is 0 Å². The summed E-state index contributed by atoms with van der Waals surface area (Å²) in [5, 5.41) is 0.319. The Hall–Kier alpha value is -1.72. The number of nitrogens with zero attached hydrogens (tertiary/aromatic N) is 5. The van der Waals surface area contributed by atoms with E-state index >= 15 is 8.78 Å². The van der Waals surface area contributed by atoms with E-state index in [0.717, 1.165) is 0 Å². The molecule has 0 unspecified atom stereocenters. The third kappa shape index (κ3) is 4.78. The summed E-state index contributed by atoms with van der Waals surface area (Å²) < 4.78 is 37.6. The number of aromatic nitrogens is 3. The maximum atomic E-state index is 16.6. The van der Waals surface area contributed by atoms with Gasteiger partial charge in [-0.2, -0.15) is 0 Å². The van der Waals surface area contributed by atoms with Gasteiger partial charge in [0, 0.05) is 6.42 Å². The minimum atomic E-state index is -2.00. The largest absolute Gasteiger partial charge is 0.444 e. The van der Waals surface area contributed by atoms with Crippen molar-refractivity contribution in [3.8, 4) is 0 Å². The molecule has 0 saturated carbocycles. The Morgan fingerprint density at radius 2 is 2.11 bits per heavy atom. The number of halogens is 4. The van der Waals surface area contributed by atoms with Crippen LogP contribution in [0.1, 0.15) is 47.5 Å². The maximum Gasteiger partial charge on any atom is 0.413 e. The van der Waals surface area contributed by atoms with Crippen molar-refractivity contribution in [2.45, 2.75) is 76.1 Å². The Morgan fingerprint density at radius 3 is 2.72 bits per heavy atom. The fraction of sp³-hybridized carbons (Fsp3) is 0.583. The molecule has 0 aromatic carbocycles. The van der Waals surface area contributed by atoms with E-state index in [2.05, 4.69) is 32.5 Å². The van der Waals surface area contributed by atoms with Crippen molar-refractivity contribution >= 4 is 62.1 Å². The lowest BCUT2D eigenvalue weighted by Crippen LogP contribution is -2.67. The molecule has 4 atom stereocenters. The van der Waals surface area contributed by atoms with Gasteiger partial charge < -0.3 is 9.64 Å². The summed E-state index contributed by atoms with van der Waals surface area (Å²) in [6, 6.07) is -0.910. The lowest BCUT2D eigenvalue weighted by Gasteiger charge is -2.51. The van der Waals surface area contributed by atoms with E-state index in [9.17, 15) is 4.79 Å². The third-order valence-electron chi connectivity index (χ3n) is 6.46. The van der Waals surface area contributed by atoms with Crippen LogP contribution in [0.4, 0.5) is 19.4 Å². The number of anilines is 1. The highest BCUT2D eigenvalue weighted by Crippen LogP contribution is 2.48. The van der Waals surface area contributed by atoms with Crippen LogP contribution < -0.4 is 4.90 Å². The van der Waals surface area contributed by atoms with Gasteiger partial charge in [0.2, 0.25) is 5.79 Å². The molecule has 2 aliphatic heterocycles. The number of carbonyl (C=O) groups is 1. The number of pyridine rings is 1. The molecule has 0 aliphatic carbocycles. The van der Waals surface area contributed by atoms with Crippen LogP contribution in [0.2, 0.25) is 5.15 Å². The van der Waals surface area contributed by atoms with Gasteiger partial charge in [0.1, 0.15) is 21.5 Å². The van der Waals surface area contributed by atoms with Gasteiger partial charge in [-0.25, -0.2) is 28.5 Å². The first-order chi connectivity index (χ1) is 16.8. The topological polar surface area (TPSA) is 71.5 Å². The molecule has 196 valence electrons. The zero-order chi connectivity index (χ0) is 26.6. The second-order valence-corrected chi connectivity index (χ2v) is 12.4. The van der Waals surface area contributed by atoms with Crippen LogP contribution >= 0.6 is 39.3 Å². The summed E-state index contributed by atoms with van der Waals surface area (Å²) in [6.45, 7) is 12.9. The summed E-state index contributed by atoms with van der Waals surface area (Å²) in [7, 11) is 0. The molecule has 2 saturated heterocycles. The second kappa shape index (κ2) is 9.87. The number of fused-ring (bicyclic) bond motifs is 3. The zero-order valence-electron chi connectivity index (χ0n) is 20.8. The molecule has 2 aromatic rings. The van der Waals surface area contributed by atoms with Gasteiger partial charge in [-0.3, -0.25) is 4.90 Å². The number of rotatable bonds is 5. The van der Waals surface area contributed by atoms with Gasteiger partial charge in [0.05, 0.1) is 24.0 Å². The first-order valence-electron chi connectivity index (χ1n) is 11.8. The van der Waals surface area contributed by atoms with E-state index in [0.29, 0.717) is 28.5 Å². The van der Waals surface area contributed by atoms with E-state index < -0.39 is 35.4 Å². The number of hydrogen-bond donors (Lipinski definition) is 0. The number of carbonyl (C=O) groups excluding carboxylic acids is 1. The molecule has 2 aliphatic rings. The van der Waals surface area contributed by atoms with Crippen molar-refractivity contribution in [3.05, 3.63) is 28.2 Å². The number of piperazine rings is 1. The minimum Gasteiger partial charge on any atom is -0.444 e. The van der Waals surface area contributed by atoms with Gasteiger partial charge >= 0.3 is 6.09 Å². The van der Waals surface area contributed by atoms with Crippen molar-refractivity contribution in [1.82, 2.24) is 19.9 Å². The van der Waals surface area contributed by atoms with Gasteiger partial charge in [0.15, 0.2) is 16.1 Å². The van der Waals surface area contributed by atoms with Crippen molar-refractivity contribution < 1.29 is 18.3 Å². The molecule has 0 radical (unpaired) electrons. The Kier molecular flexibility index (Phi) is 7.49. The Labute approximate surface area is 227 Å². The normalized spacial score (nSPS) is 24.8. The predicted molar refractivity (Wildman–Crippen MR) is 142 cm³/mol. The third-order valence-corrected chi connectivity index (χ3v) is 8.01. The Balaban J connectivity index is 1.91. The number of amides is 1. The molecule has 0 spiro atoms. The van der Waals surface area contributed by atoms with E-state index in [1.807, 2.05) is 18.7 Å².